The minimum Gasteiger partial charge on any atom is -0.489 e. The first-order chi connectivity index (χ1) is 4.97. The standard InChI is InChI=1S/C9H8O.Cu.Ni/c1-2-6-9-8(4-1)5-3-7-10-9;;/h1-6H,7H2;;. The van der Waals surface area contributed by atoms with E-state index in [9.17, 15) is 0 Å². The Bertz CT molecular complexity index is 273. The molecule has 1 nitrogen and oxygen atoms in total. The van der Waals surface area contributed by atoms with E-state index < -0.39 is 0 Å². The minimum absolute atomic E-state index is 0. The first kappa shape index (κ1) is 11.8. The van der Waals surface area contributed by atoms with Crippen molar-refractivity contribution in [3.8, 4) is 5.75 Å². The predicted octanol–water partition coefficient (Wildman–Crippen LogP) is 2.09. The van der Waals surface area contributed by atoms with Crippen LogP contribution in [0, 0.1) is 0 Å². The Labute approximate surface area is 92.6 Å². The van der Waals surface area contributed by atoms with Gasteiger partial charge in [0.25, 0.3) is 0 Å². The summed E-state index contributed by atoms with van der Waals surface area (Å²) >= 11 is 0. The molecule has 0 spiro atoms. The van der Waals surface area contributed by atoms with Gasteiger partial charge >= 0.3 is 0 Å². The van der Waals surface area contributed by atoms with Crippen LogP contribution >= 0.6 is 0 Å². The van der Waals surface area contributed by atoms with Crippen molar-refractivity contribution in [3.63, 3.8) is 0 Å². The van der Waals surface area contributed by atoms with E-state index in [-0.39, 0.29) is 33.6 Å². The van der Waals surface area contributed by atoms with Gasteiger partial charge in [0.05, 0.1) is 0 Å². The first-order valence-electron chi connectivity index (χ1n) is 3.35. The smallest absolute Gasteiger partial charge is 0.126 e. The van der Waals surface area contributed by atoms with E-state index in [2.05, 4.69) is 6.08 Å². The SMILES string of the molecule is C1=Cc2ccccc2OC1.[Cu].[Ni]. The van der Waals surface area contributed by atoms with E-state index in [1.54, 1.807) is 0 Å². The normalized spacial score (nSPS) is 11.7. The van der Waals surface area contributed by atoms with Crippen molar-refractivity contribution in [2.75, 3.05) is 6.61 Å². The second-order valence-electron chi connectivity index (χ2n) is 2.25. The van der Waals surface area contributed by atoms with Crippen LogP contribution in [0.4, 0.5) is 0 Å². The van der Waals surface area contributed by atoms with Crippen molar-refractivity contribution in [1.29, 1.82) is 0 Å². The number of fused-ring (bicyclic) bond motifs is 1. The van der Waals surface area contributed by atoms with Gasteiger partial charge in [0.1, 0.15) is 12.4 Å². The Morgan fingerprint density at radius 2 is 1.92 bits per heavy atom. The Morgan fingerprint density at radius 3 is 2.67 bits per heavy atom. The zero-order valence-electron chi connectivity index (χ0n) is 6.20. The van der Waals surface area contributed by atoms with Crippen molar-refractivity contribution < 1.29 is 38.3 Å². The number of hydrogen-bond acceptors (Lipinski definition) is 1. The molecule has 0 fully saturated rings. The Balaban J connectivity index is 0.000000605. The fourth-order valence-corrected chi connectivity index (χ4v) is 1.06. The molecule has 0 unspecified atom stereocenters. The fourth-order valence-electron chi connectivity index (χ4n) is 1.06. The maximum atomic E-state index is 5.34. The number of para-hydroxylation sites is 1. The van der Waals surface area contributed by atoms with Gasteiger partial charge in [0.2, 0.25) is 0 Å². The second kappa shape index (κ2) is 5.42. The van der Waals surface area contributed by atoms with Gasteiger partial charge in [0.15, 0.2) is 0 Å². The van der Waals surface area contributed by atoms with Crippen LogP contribution in [-0.2, 0) is 33.6 Å². The van der Waals surface area contributed by atoms with Crippen LogP contribution in [-0.4, -0.2) is 6.61 Å². The zero-order valence-corrected chi connectivity index (χ0v) is 8.13. The van der Waals surface area contributed by atoms with Crippen molar-refractivity contribution in [3.05, 3.63) is 35.9 Å². The maximum absolute atomic E-state index is 5.34. The second-order valence-corrected chi connectivity index (χ2v) is 2.25. The molecule has 1 aliphatic heterocycles. The number of benzene rings is 1. The monoisotopic (exact) mass is 253 g/mol. The van der Waals surface area contributed by atoms with Gasteiger partial charge in [-0.1, -0.05) is 24.3 Å². The van der Waals surface area contributed by atoms with E-state index in [1.807, 2.05) is 30.3 Å². The van der Waals surface area contributed by atoms with E-state index in [4.69, 9.17) is 4.74 Å². The van der Waals surface area contributed by atoms with Gasteiger partial charge in [-0.05, 0) is 12.1 Å². The summed E-state index contributed by atoms with van der Waals surface area (Å²) in [6.07, 6.45) is 4.10. The predicted molar refractivity (Wildman–Crippen MR) is 41.0 cm³/mol. The molecule has 0 saturated heterocycles. The van der Waals surface area contributed by atoms with Crippen LogP contribution in [0.3, 0.4) is 0 Å². The van der Waals surface area contributed by atoms with Crippen LogP contribution < -0.4 is 4.74 Å². The van der Waals surface area contributed by atoms with Crippen LogP contribution in [0.15, 0.2) is 30.3 Å². The van der Waals surface area contributed by atoms with Crippen molar-refractivity contribution in [2.45, 2.75) is 0 Å². The Morgan fingerprint density at radius 1 is 1.17 bits per heavy atom. The van der Waals surface area contributed by atoms with E-state index in [0.29, 0.717) is 6.61 Å². The van der Waals surface area contributed by atoms with Crippen LogP contribution in [0.5, 0.6) is 5.75 Å². The maximum Gasteiger partial charge on any atom is 0.126 e. The molecule has 0 atom stereocenters. The molecule has 1 aromatic rings. The molecule has 1 heterocycles. The fraction of sp³-hybridized carbons (Fsp3) is 0.111. The molecule has 3 heteroatoms. The average molecular weight is 254 g/mol. The molecule has 12 heavy (non-hydrogen) atoms. The van der Waals surface area contributed by atoms with Crippen molar-refractivity contribution in [1.82, 2.24) is 0 Å². The molecule has 0 aliphatic carbocycles. The number of hydrogen-bond donors (Lipinski definition) is 0. The van der Waals surface area contributed by atoms with Gasteiger partial charge in [-0.25, -0.2) is 0 Å². The van der Waals surface area contributed by atoms with Crippen molar-refractivity contribution >= 4 is 6.08 Å². The molecule has 0 N–H and O–H groups in total. The van der Waals surface area contributed by atoms with Crippen LogP contribution in [0.1, 0.15) is 5.56 Å². The number of ether oxygens (including phenoxy) is 1. The Hall–Kier alpha value is -0.227. The van der Waals surface area contributed by atoms with Gasteiger partial charge < -0.3 is 4.74 Å². The van der Waals surface area contributed by atoms with Gasteiger partial charge in [-0.2, -0.15) is 0 Å². The molecule has 0 amide bonds. The zero-order chi connectivity index (χ0) is 6.81. The van der Waals surface area contributed by atoms with Gasteiger partial charge in [0, 0.05) is 39.1 Å². The number of rotatable bonds is 0. The third-order valence-electron chi connectivity index (χ3n) is 1.55. The molecule has 0 aromatic heterocycles. The van der Waals surface area contributed by atoms with Crippen LogP contribution in [0.2, 0.25) is 0 Å². The third kappa shape index (κ3) is 2.38. The van der Waals surface area contributed by atoms with Gasteiger partial charge in [-0.3, -0.25) is 0 Å². The largest absolute Gasteiger partial charge is 0.489 e. The summed E-state index contributed by atoms with van der Waals surface area (Å²) in [5.41, 5.74) is 1.17. The van der Waals surface area contributed by atoms with E-state index in [1.165, 1.54) is 5.56 Å². The molecule has 1 aromatic carbocycles. The molecule has 0 saturated carbocycles. The molecular formula is C9H8CuNiO. The van der Waals surface area contributed by atoms with Crippen LogP contribution in [0.25, 0.3) is 6.08 Å². The minimum atomic E-state index is 0. The summed E-state index contributed by atoms with van der Waals surface area (Å²) in [6, 6.07) is 8.03. The molecule has 71 valence electrons. The summed E-state index contributed by atoms with van der Waals surface area (Å²) < 4.78 is 5.34. The Kier molecular flexibility index (Phi) is 5.32. The van der Waals surface area contributed by atoms with E-state index >= 15 is 0 Å². The quantitative estimate of drug-likeness (QED) is 0.644. The van der Waals surface area contributed by atoms with Crippen molar-refractivity contribution in [2.24, 2.45) is 0 Å². The third-order valence-corrected chi connectivity index (χ3v) is 1.55. The topological polar surface area (TPSA) is 9.23 Å². The summed E-state index contributed by atoms with van der Waals surface area (Å²) in [5, 5.41) is 0. The summed E-state index contributed by atoms with van der Waals surface area (Å²) in [6.45, 7) is 0.705. The molecule has 1 radical (unpaired) electrons. The molecule has 1 aliphatic rings. The van der Waals surface area contributed by atoms with E-state index in [0.717, 1.165) is 5.75 Å². The molecule has 0 bridgehead atoms. The summed E-state index contributed by atoms with van der Waals surface area (Å²) in [5.74, 6) is 0.991. The van der Waals surface area contributed by atoms with Gasteiger partial charge in [-0.15, -0.1) is 0 Å². The molecular weight excluding hydrogens is 246 g/mol. The average Bonchev–Trinajstić information content (AvgIpc) is 2.05. The molecule has 2 rings (SSSR count). The summed E-state index contributed by atoms with van der Waals surface area (Å²) in [7, 11) is 0. The first-order valence-corrected chi connectivity index (χ1v) is 3.35. The summed E-state index contributed by atoms with van der Waals surface area (Å²) in [4.78, 5) is 0.